The molecule has 0 bridgehead atoms. The molecule has 0 N–H and O–H groups in total. The van der Waals surface area contributed by atoms with Crippen molar-refractivity contribution in [2.24, 2.45) is 0 Å². The van der Waals surface area contributed by atoms with Gasteiger partial charge < -0.3 is 4.74 Å². The maximum atomic E-state index is 11.3. The van der Waals surface area contributed by atoms with E-state index in [1.165, 1.54) is 0 Å². The van der Waals surface area contributed by atoms with Gasteiger partial charge in [-0.25, -0.2) is 4.79 Å². The molecule has 0 amide bonds. The van der Waals surface area contributed by atoms with Crippen molar-refractivity contribution in [2.75, 3.05) is 0 Å². The Kier molecular flexibility index (Phi) is 2.73. The molecule has 1 fully saturated rings. The van der Waals surface area contributed by atoms with Crippen LogP contribution < -0.4 is 0 Å². The third-order valence-electron chi connectivity index (χ3n) is 1.33. The molecule has 0 spiro atoms. The Bertz CT molecular complexity index is 222. The first-order valence-electron chi connectivity index (χ1n) is 4.12. The fourth-order valence-electron chi connectivity index (χ4n) is 0.742. The number of carbonyl (C=O) groups excluding carboxylic acids is 1. The zero-order valence-corrected chi connectivity index (χ0v) is 8.12. The Labute approximate surface area is 77.4 Å². The van der Waals surface area contributed by atoms with E-state index in [2.05, 4.69) is 16.4 Å². The predicted molar refractivity (Wildman–Crippen MR) is 45.6 cm³/mol. The van der Waals surface area contributed by atoms with Crippen molar-refractivity contribution in [1.29, 1.82) is 0 Å². The summed E-state index contributed by atoms with van der Waals surface area (Å²) in [4.78, 5) is 20.3. The largest absolute Gasteiger partial charge is 0.457 e. The van der Waals surface area contributed by atoms with Gasteiger partial charge in [-0.1, -0.05) is 6.58 Å². The molecule has 4 heteroatoms. The van der Waals surface area contributed by atoms with Gasteiger partial charge in [0.25, 0.3) is 0 Å². The van der Waals surface area contributed by atoms with Crippen molar-refractivity contribution in [2.45, 2.75) is 39.1 Å². The predicted octanol–water partition coefficient (Wildman–Crippen LogP) is 1.56. The van der Waals surface area contributed by atoms with Crippen LogP contribution in [0.25, 0.3) is 0 Å². The summed E-state index contributed by atoms with van der Waals surface area (Å²) in [5, 5.41) is 0. The molecule has 1 saturated heterocycles. The molecule has 0 aromatic carbocycles. The van der Waals surface area contributed by atoms with Crippen LogP contribution in [-0.4, -0.2) is 17.9 Å². The molecule has 1 aliphatic heterocycles. The number of carbonyl (C=O) groups is 1. The van der Waals surface area contributed by atoms with E-state index in [9.17, 15) is 4.79 Å². The molecule has 13 heavy (non-hydrogen) atoms. The molecule has 0 unspecified atom stereocenters. The summed E-state index contributed by atoms with van der Waals surface area (Å²) in [6.07, 6.45) is 0.0644. The van der Waals surface area contributed by atoms with Crippen LogP contribution in [-0.2, 0) is 19.3 Å². The zero-order chi connectivity index (χ0) is 10.1. The molecular weight excluding hydrogens is 172 g/mol. The van der Waals surface area contributed by atoms with Crippen molar-refractivity contribution in [1.82, 2.24) is 0 Å². The summed E-state index contributed by atoms with van der Waals surface area (Å²) in [6, 6.07) is 0. The Morgan fingerprint density at radius 1 is 1.46 bits per heavy atom. The van der Waals surface area contributed by atoms with Crippen molar-refractivity contribution in [3.63, 3.8) is 0 Å². The average molecular weight is 186 g/mol. The first kappa shape index (κ1) is 10.2. The topological polar surface area (TPSA) is 51.4 Å². The van der Waals surface area contributed by atoms with E-state index in [0.717, 1.165) is 0 Å². The van der Waals surface area contributed by atoms with Gasteiger partial charge in [-0.05, 0) is 20.8 Å². The number of rotatable bonds is 3. The number of hydrogen-bond donors (Lipinski definition) is 0. The van der Waals surface area contributed by atoms with Crippen LogP contribution in [0.4, 0.5) is 0 Å². The lowest BCUT2D eigenvalue weighted by molar-refractivity contribution is -0.150. The number of ether oxygens (including phenoxy) is 1. The Morgan fingerprint density at radius 3 is 2.38 bits per heavy atom. The van der Waals surface area contributed by atoms with Gasteiger partial charge in [0.05, 0.1) is 0 Å². The lowest BCUT2D eigenvalue weighted by atomic mass is 10.1. The molecule has 0 atom stereocenters. The smallest absolute Gasteiger partial charge is 0.334 e. The normalized spacial score (nSPS) is 16.8. The van der Waals surface area contributed by atoms with Crippen molar-refractivity contribution in [3.8, 4) is 0 Å². The highest BCUT2D eigenvalue weighted by atomic mass is 17.4. The van der Waals surface area contributed by atoms with Crippen molar-refractivity contribution >= 4 is 5.97 Å². The van der Waals surface area contributed by atoms with E-state index < -0.39 is 11.6 Å². The summed E-state index contributed by atoms with van der Waals surface area (Å²) >= 11 is 0. The van der Waals surface area contributed by atoms with Gasteiger partial charge in [0.1, 0.15) is 5.60 Å². The van der Waals surface area contributed by atoms with Gasteiger partial charge >= 0.3 is 5.97 Å². The highest BCUT2D eigenvalue weighted by Crippen LogP contribution is 2.22. The molecule has 0 aliphatic carbocycles. The third-order valence-corrected chi connectivity index (χ3v) is 1.33. The van der Waals surface area contributed by atoms with Crippen LogP contribution in [0.2, 0.25) is 0 Å². The Hall–Kier alpha value is -0.870. The van der Waals surface area contributed by atoms with E-state index >= 15 is 0 Å². The van der Waals surface area contributed by atoms with Crippen LogP contribution in [0, 0.1) is 0 Å². The third kappa shape index (κ3) is 4.05. The summed E-state index contributed by atoms with van der Waals surface area (Å²) < 4.78 is 5.08. The Balaban J connectivity index is 2.33. The lowest BCUT2D eigenvalue weighted by Gasteiger charge is -2.19. The van der Waals surface area contributed by atoms with E-state index in [0.29, 0.717) is 12.0 Å². The van der Waals surface area contributed by atoms with E-state index in [-0.39, 0.29) is 6.29 Å². The van der Waals surface area contributed by atoms with Gasteiger partial charge in [0, 0.05) is 12.0 Å². The van der Waals surface area contributed by atoms with Crippen LogP contribution >= 0.6 is 0 Å². The maximum absolute atomic E-state index is 11.3. The van der Waals surface area contributed by atoms with Crippen LogP contribution in [0.15, 0.2) is 12.2 Å². The summed E-state index contributed by atoms with van der Waals surface area (Å²) in [6.45, 7) is 9.01. The van der Waals surface area contributed by atoms with Gasteiger partial charge in [-0.2, -0.15) is 9.78 Å². The SMILES string of the molecule is C=C(CC1OO1)C(=O)OC(C)(C)C. The molecule has 1 rings (SSSR count). The molecule has 4 nitrogen and oxygen atoms in total. The van der Waals surface area contributed by atoms with Crippen molar-refractivity contribution in [3.05, 3.63) is 12.2 Å². The van der Waals surface area contributed by atoms with Crippen molar-refractivity contribution < 1.29 is 19.3 Å². The molecule has 0 radical (unpaired) electrons. The quantitative estimate of drug-likeness (QED) is 0.290. The highest BCUT2D eigenvalue weighted by molar-refractivity contribution is 5.88. The molecule has 74 valence electrons. The first-order chi connectivity index (χ1) is 5.88. The molecule has 0 saturated carbocycles. The molecule has 0 aromatic heterocycles. The minimum absolute atomic E-state index is 0.306. The van der Waals surface area contributed by atoms with Gasteiger partial charge in [-0.15, -0.1) is 0 Å². The van der Waals surface area contributed by atoms with Gasteiger partial charge in [0.2, 0.25) is 6.29 Å². The summed E-state index contributed by atoms with van der Waals surface area (Å²) in [5.41, 5.74) is -0.108. The van der Waals surface area contributed by atoms with E-state index in [4.69, 9.17) is 4.74 Å². The van der Waals surface area contributed by atoms with Gasteiger partial charge in [0.15, 0.2) is 0 Å². The molecule has 0 aromatic rings. The average Bonchev–Trinajstić information content (AvgIpc) is 2.67. The summed E-state index contributed by atoms with van der Waals surface area (Å²) in [5.74, 6) is -0.397. The standard InChI is InChI=1S/C9H14O4/c1-6(5-7-12-13-7)8(10)11-9(2,3)4/h7H,1,5H2,2-4H3. The lowest BCUT2D eigenvalue weighted by Crippen LogP contribution is -2.24. The first-order valence-corrected chi connectivity index (χ1v) is 4.12. The summed E-state index contributed by atoms with van der Waals surface area (Å²) in [7, 11) is 0. The second kappa shape index (κ2) is 3.47. The monoisotopic (exact) mass is 186 g/mol. The minimum atomic E-state index is -0.481. The van der Waals surface area contributed by atoms with Crippen LogP contribution in [0.1, 0.15) is 27.2 Å². The molecule has 1 heterocycles. The number of hydrogen-bond acceptors (Lipinski definition) is 4. The van der Waals surface area contributed by atoms with E-state index in [1.54, 1.807) is 0 Å². The number of esters is 1. The van der Waals surface area contributed by atoms with Gasteiger partial charge in [-0.3, -0.25) is 0 Å². The van der Waals surface area contributed by atoms with Crippen LogP contribution in [0.5, 0.6) is 0 Å². The zero-order valence-electron chi connectivity index (χ0n) is 8.12. The molecular formula is C9H14O4. The van der Waals surface area contributed by atoms with Crippen LogP contribution in [0.3, 0.4) is 0 Å². The fourth-order valence-corrected chi connectivity index (χ4v) is 0.742. The minimum Gasteiger partial charge on any atom is -0.457 e. The maximum Gasteiger partial charge on any atom is 0.334 e. The second-order valence-electron chi connectivity index (χ2n) is 3.93. The Morgan fingerprint density at radius 2 is 2.00 bits per heavy atom. The second-order valence-corrected chi connectivity index (χ2v) is 3.93. The highest BCUT2D eigenvalue weighted by Gasteiger charge is 2.30. The molecule has 1 aliphatic rings. The van der Waals surface area contributed by atoms with E-state index in [1.807, 2.05) is 20.8 Å². The fraction of sp³-hybridized carbons (Fsp3) is 0.667.